The SMILES string of the molecule is CCCN(Cc1ccc(C#N)cc1)C(=O)CC(=O)O. The van der Waals surface area contributed by atoms with Gasteiger partial charge in [-0.25, -0.2) is 0 Å². The highest BCUT2D eigenvalue weighted by Gasteiger charge is 2.16. The molecule has 0 heterocycles. The minimum atomic E-state index is -1.12. The van der Waals surface area contributed by atoms with Crippen LogP contribution in [0.3, 0.4) is 0 Å². The predicted octanol–water partition coefficient (Wildman–Crippen LogP) is 1.77. The third-order valence-corrected chi connectivity index (χ3v) is 2.61. The Morgan fingerprint density at radius 2 is 1.95 bits per heavy atom. The van der Waals surface area contributed by atoms with E-state index >= 15 is 0 Å². The van der Waals surface area contributed by atoms with E-state index in [9.17, 15) is 9.59 Å². The average Bonchev–Trinajstić information content (AvgIpc) is 2.38. The first-order chi connectivity index (χ1) is 9.06. The number of benzene rings is 1. The fourth-order valence-electron chi connectivity index (χ4n) is 1.71. The van der Waals surface area contributed by atoms with Gasteiger partial charge in [0.25, 0.3) is 0 Å². The molecule has 0 aromatic heterocycles. The van der Waals surface area contributed by atoms with Crippen LogP contribution in [-0.2, 0) is 16.1 Å². The maximum absolute atomic E-state index is 11.8. The van der Waals surface area contributed by atoms with E-state index in [1.807, 2.05) is 13.0 Å². The van der Waals surface area contributed by atoms with Gasteiger partial charge in [0.2, 0.25) is 5.91 Å². The monoisotopic (exact) mass is 260 g/mol. The van der Waals surface area contributed by atoms with Crippen LogP contribution in [0.25, 0.3) is 0 Å². The number of carbonyl (C=O) groups excluding carboxylic acids is 1. The Labute approximate surface area is 112 Å². The number of carboxylic acid groups (broad SMARTS) is 1. The van der Waals surface area contributed by atoms with E-state index in [2.05, 4.69) is 0 Å². The van der Waals surface area contributed by atoms with Gasteiger partial charge in [0.1, 0.15) is 6.42 Å². The van der Waals surface area contributed by atoms with Crippen LogP contribution in [0.15, 0.2) is 24.3 Å². The van der Waals surface area contributed by atoms with Gasteiger partial charge in [-0.3, -0.25) is 9.59 Å². The summed E-state index contributed by atoms with van der Waals surface area (Å²) in [5.41, 5.74) is 1.44. The molecule has 0 atom stereocenters. The lowest BCUT2D eigenvalue weighted by molar-refractivity contribution is -0.144. The summed E-state index contributed by atoms with van der Waals surface area (Å²) in [6, 6.07) is 8.93. The van der Waals surface area contributed by atoms with Crippen molar-refractivity contribution in [1.82, 2.24) is 4.90 Å². The van der Waals surface area contributed by atoms with Gasteiger partial charge >= 0.3 is 5.97 Å². The number of rotatable bonds is 6. The lowest BCUT2D eigenvalue weighted by atomic mass is 10.1. The molecule has 1 aromatic carbocycles. The number of aliphatic carboxylic acids is 1. The molecule has 0 aliphatic rings. The second-order valence-electron chi connectivity index (χ2n) is 4.19. The predicted molar refractivity (Wildman–Crippen MR) is 69.1 cm³/mol. The Balaban J connectivity index is 2.74. The molecule has 19 heavy (non-hydrogen) atoms. The number of carbonyl (C=O) groups is 2. The highest BCUT2D eigenvalue weighted by molar-refractivity contribution is 5.93. The zero-order valence-corrected chi connectivity index (χ0v) is 10.8. The Morgan fingerprint density at radius 3 is 2.42 bits per heavy atom. The summed E-state index contributed by atoms with van der Waals surface area (Å²) in [5.74, 6) is -1.51. The van der Waals surface area contributed by atoms with Crippen molar-refractivity contribution in [3.05, 3.63) is 35.4 Å². The molecular weight excluding hydrogens is 244 g/mol. The van der Waals surface area contributed by atoms with Gasteiger partial charge in [0.15, 0.2) is 0 Å². The number of nitrogens with zero attached hydrogens (tertiary/aromatic N) is 2. The molecule has 5 nitrogen and oxygen atoms in total. The van der Waals surface area contributed by atoms with Crippen LogP contribution >= 0.6 is 0 Å². The molecule has 0 spiro atoms. The Morgan fingerprint density at radius 1 is 1.32 bits per heavy atom. The van der Waals surface area contributed by atoms with Gasteiger partial charge in [-0.15, -0.1) is 0 Å². The molecule has 0 fully saturated rings. The molecule has 5 heteroatoms. The van der Waals surface area contributed by atoms with Gasteiger partial charge in [0.05, 0.1) is 11.6 Å². The largest absolute Gasteiger partial charge is 0.481 e. The molecular formula is C14H16N2O3. The van der Waals surface area contributed by atoms with E-state index in [0.717, 1.165) is 12.0 Å². The van der Waals surface area contributed by atoms with E-state index in [-0.39, 0.29) is 0 Å². The second-order valence-corrected chi connectivity index (χ2v) is 4.19. The van der Waals surface area contributed by atoms with Crippen molar-refractivity contribution < 1.29 is 14.7 Å². The van der Waals surface area contributed by atoms with Crippen LogP contribution in [-0.4, -0.2) is 28.4 Å². The minimum Gasteiger partial charge on any atom is -0.481 e. The van der Waals surface area contributed by atoms with Gasteiger partial charge in [0, 0.05) is 13.1 Å². The van der Waals surface area contributed by atoms with E-state index < -0.39 is 18.3 Å². The van der Waals surface area contributed by atoms with Gasteiger partial charge < -0.3 is 10.0 Å². The van der Waals surface area contributed by atoms with Crippen LogP contribution in [0.1, 0.15) is 30.9 Å². The third-order valence-electron chi connectivity index (χ3n) is 2.61. The zero-order chi connectivity index (χ0) is 14.3. The quantitative estimate of drug-likeness (QED) is 0.790. The summed E-state index contributed by atoms with van der Waals surface area (Å²) in [6.07, 6.45) is 0.276. The van der Waals surface area contributed by atoms with Crippen LogP contribution in [0.5, 0.6) is 0 Å². The van der Waals surface area contributed by atoms with Crippen molar-refractivity contribution in [2.75, 3.05) is 6.54 Å². The summed E-state index contributed by atoms with van der Waals surface area (Å²) >= 11 is 0. The normalized spacial score (nSPS) is 9.68. The van der Waals surface area contributed by atoms with Crippen molar-refractivity contribution >= 4 is 11.9 Å². The second kappa shape index (κ2) is 7.17. The molecule has 0 aliphatic heterocycles. The van der Waals surface area contributed by atoms with Crippen molar-refractivity contribution in [2.24, 2.45) is 0 Å². The fraction of sp³-hybridized carbons (Fsp3) is 0.357. The molecule has 0 unspecified atom stereocenters. The van der Waals surface area contributed by atoms with Crippen molar-refractivity contribution in [2.45, 2.75) is 26.3 Å². The van der Waals surface area contributed by atoms with Gasteiger partial charge in [-0.05, 0) is 24.1 Å². The summed E-state index contributed by atoms with van der Waals surface area (Å²) in [6.45, 7) is 2.82. The van der Waals surface area contributed by atoms with Gasteiger partial charge in [-0.1, -0.05) is 19.1 Å². The Bertz CT molecular complexity index is 488. The topological polar surface area (TPSA) is 81.4 Å². The molecule has 0 radical (unpaired) electrons. The highest BCUT2D eigenvalue weighted by atomic mass is 16.4. The lowest BCUT2D eigenvalue weighted by Crippen LogP contribution is -2.32. The summed E-state index contributed by atoms with van der Waals surface area (Å²) in [7, 11) is 0. The molecule has 1 amide bonds. The maximum atomic E-state index is 11.8. The third kappa shape index (κ3) is 4.80. The molecule has 0 aliphatic carbocycles. The first kappa shape index (κ1) is 14.7. The van der Waals surface area contributed by atoms with Crippen LogP contribution in [0.4, 0.5) is 0 Å². The summed E-state index contributed by atoms with van der Waals surface area (Å²) in [4.78, 5) is 23.9. The summed E-state index contributed by atoms with van der Waals surface area (Å²) < 4.78 is 0. The molecule has 1 rings (SSSR count). The van der Waals surface area contributed by atoms with Crippen molar-refractivity contribution in [1.29, 1.82) is 5.26 Å². The zero-order valence-electron chi connectivity index (χ0n) is 10.8. The number of nitriles is 1. The van der Waals surface area contributed by atoms with Crippen LogP contribution in [0, 0.1) is 11.3 Å². The Kier molecular flexibility index (Phi) is 5.55. The first-order valence-corrected chi connectivity index (χ1v) is 6.05. The molecule has 0 bridgehead atoms. The van der Waals surface area contributed by atoms with E-state index in [0.29, 0.717) is 18.7 Å². The highest BCUT2D eigenvalue weighted by Crippen LogP contribution is 2.09. The fourth-order valence-corrected chi connectivity index (χ4v) is 1.71. The van der Waals surface area contributed by atoms with Crippen LogP contribution in [0.2, 0.25) is 0 Å². The molecule has 0 saturated carbocycles. The summed E-state index contributed by atoms with van der Waals surface area (Å²) in [5, 5.41) is 17.4. The van der Waals surface area contributed by atoms with Crippen molar-refractivity contribution in [3.8, 4) is 6.07 Å². The number of hydrogen-bond donors (Lipinski definition) is 1. The van der Waals surface area contributed by atoms with Crippen LogP contribution < -0.4 is 0 Å². The lowest BCUT2D eigenvalue weighted by Gasteiger charge is -2.21. The number of amides is 1. The molecule has 1 aromatic rings. The average molecular weight is 260 g/mol. The van der Waals surface area contributed by atoms with E-state index in [1.165, 1.54) is 4.90 Å². The standard InChI is InChI=1S/C14H16N2O3/c1-2-7-16(13(17)8-14(18)19)10-12-5-3-11(9-15)4-6-12/h3-6H,2,7-8,10H2,1H3,(H,18,19). The number of carboxylic acids is 1. The number of hydrogen-bond acceptors (Lipinski definition) is 3. The minimum absolute atomic E-state index is 0.367. The maximum Gasteiger partial charge on any atom is 0.312 e. The van der Waals surface area contributed by atoms with E-state index in [4.69, 9.17) is 10.4 Å². The van der Waals surface area contributed by atoms with Crippen molar-refractivity contribution in [3.63, 3.8) is 0 Å². The molecule has 1 N–H and O–H groups in total. The Hall–Kier alpha value is -2.35. The first-order valence-electron chi connectivity index (χ1n) is 6.05. The smallest absolute Gasteiger partial charge is 0.312 e. The van der Waals surface area contributed by atoms with E-state index in [1.54, 1.807) is 24.3 Å². The van der Waals surface area contributed by atoms with Gasteiger partial charge in [-0.2, -0.15) is 5.26 Å². The molecule has 0 saturated heterocycles. The molecule has 100 valence electrons.